The van der Waals surface area contributed by atoms with E-state index in [0.717, 1.165) is 11.1 Å². The Kier molecular flexibility index (Phi) is 2.38. The topological polar surface area (TPSA) is 37.3 Å². The van der Waals surface area contributed by atoms with Crippen LogP contribution in [-0.2, 0) is 11.2 Å². The number of fused-ring (bicyclic) bond motifs is 1. The Hall–Kier alpha value is -1.90. The molecule has 1 aromatic carbocycles. The van der Waals surface area contributed by atoms with Gasteiger partial charge in [-0.1, -0.05) is 18.2 Å². The van der Waals surface area contributed by atoms with Crippen molar-refractivity contribution in [2.45, 2.75) is 13.3 Å². The van der Waals surface area contributed by atoms with Crippen LogP contribution in [0.2, 0.25) is 0 Å². The van der Waals surface area contributed by atoms with Gasteiger partial charge in [0.25, 0.3) is 0 Å². The van der Waals surface area contributed by atoms with Crippen molar-refractivity contribution in [3.63, 3.8) is 0 Å². The van der Waals surface area contributed by atoms with Crippen molar-refractivity contribution >= 4 is 11.5 Å². The van der Waals surface area contributed by atoms with Crippen molar-refractivity contribution in [3.8, 4) is 0 Å². The first-order chi connectivity index (χ1) is 7.50. The highest BCUT2D eigenvalue weighted by Gasteiger charge is 2.24. The zero-order valence-electron chi connectivity index (χ0n) is 8.88. The molecule has 0 bridgehead atoms. The molecular formula is C13H11FO2. The van der Waals surface area contributed by atoms with E-state index in [1.54, 1.807) is 6.07 Å². The van der Waals surface area contributed by atoms with Crippen LogP contribution in [0.4, 0.5) is 4.39 Å². The molecule has 0 heterocycles. The molecule has 0 aliphatic heterocycles. The largest absolute Gasteiger partial charge is 0.478 e. The van der Waals surface area contributed by atoms with Gasteiger partial charge in [-0.2, -0.15) is 0 Å². The summed E-state index contributed by atoms with van der Waals surface area (Å²) in [6.45, 7) is 5.38. The number of carboxylic acid groups (broad SMARTS) is 1. The van der Waals surface area contributed by atoms with Crippen molar-refractivity contribution in [2.75, 3.05) is 0 Å². The van der Waals surface area contributed by atoms with Crippen molar-refractivity contribution in [1.82, 2.24) is 0 Å². The van der Waals surface area contributed by atoms with Gasteiger partial charge in [-0.15, -0.1) is 0 Å². The van der Waals surface area contributed by atoms with Crippen LogP contribution in [0.25, 0.3) is 5.57 Å². The lowest BCUT2D eigenvalue weighted by Gasteiger charge is -2.06. The summed E-state index contributed by atoms with van der Waals surface area (Å²) in [6.07, 6.45) is 0.664. The molecule has 82 valence electrons. The number of hydrogen-bond acceptors (Lipinski definition) is 1. The smallest absolute Gasteiger partial charge is 0.335 e. The Balaban J connectivity index is 2.56. The zero-order chi connectivity index (χ0) is 11.9. The highest BCUT2D eigenvalue weighted by atomic mass is 19.1. The molecule has 2 nitrogen and oxygen atoms in total. The average Bonchev–Trinajstić information content (AvgIpc) is 2.52. The summed E-state index contributed by atoms with van der Waals surface area (Å²) >= 11 is 0. The second-order valence-electron chi connectivity index (χ2n) is 3.92. The van der Waals surface area contributed by atoms with Crippen molar-refractivity contribution in [1.29, 1.82) is 0 Å². The Morgan fingerprint density at radius 3 is 2.81 bits per heavy atom. The normalized spacial score (nSPS) is 13.9. The zero-order valence-corrected chi connectivity index (χ0v) is 8.88. The molecule has 0 radical (unpaired) electrons. The first-order valence-corrected chi connectivity index (χ1v) is 4.92. The maximum atomic E-state index is 13.1. The Morgan fingerprint density at radius 2 is 2.19 bits per heavy atom. The van der Waals surface area contributed by atoms with Gasteiger partial charge in [0.15, 0.2) is 0 Å². The Morgan fingerprint density at radius 1 is 1.50 bits per heavy atom. The lowest BCUT2D eigenvalue weighted by Crippen LogP contribution is -2.01. The lowest BCUT2D eigenvalue weighted by atomic mass is 9.99. The van der Waals surface area contributed by atoms with E-state index in [9.17, 15) is 9.18 Å². The third-order valence-corrected chi connectivity index (χ3v) is 2.78. The molecule has 0 aromatic heterocycles. The van der Waals surface area contributed by atoms with Crippen LogP contribution >= 0.6 is 0 Å². The summed E-state index contributed by atoms with van der Waals surface area (Å²) < 4.78 is 13.1. The Labute approximate surface area is 92.7 Å². The fraction of sp³-hybridized carbons (Fsp3) is 0.154. The molecule has 1 aliphatic carbocycles. The average molecular weight is 218 g/mol. The number of allylic oxidation sites excluding steroid dienone is 1. The minimum atomic E-state index is -1.06. The molecule has 1 aromatic rings. The monoisotopic (exact) mass is 218 g/mol. The molecule has 1 aliphatic rings. The molecule has 0 fully saturated rings. The minimum absolute atomic E-state index is 0.0295. The first-order valence-electron chi connectivity index (χ1n) is 4.92. The fourth-order valence-corrected chi connectivity index (χ4v) is 2.07. The first kappa shape index (κ1) is 10.6. The third kappa shape index (κ3) is 1.54. The number of benzene rings is 1. The SMILES string of the molecule is C=C(C(=O)O)C1=C(C)Cc2ccc(F)cc21. The molecule has 0 unspecified atom stereocenters. The van der Waals surface area contributed by atoms with Crippen LogP contribution in [0.5, 0.6) is 0 Å². The molecule has 0 spiro atoms. The number of halogens is 1. The lowest BCUT2D eigenvalue weighted by molar-refractivity contribution is -0.132. The van der Waals surface area contributed by atoms with Gasteiger partial charge in [-0.3, -0.25) is 0 Å². The van der Waals surface area contributed by atoms with Gasteiger partial charge in [0.2, 0.25) is 0 Å². The number of hydrogen-bond donors (Lipinski definition) is 1. The van der Waals surface area contributed by atoms with E-state index in [1.165, 1.54) is 12.1 Å². The molecule has 16 heavy (non-hydrogen) atoms. The van der Waals surface area contributed by atoms with Crippen LogP contribution in [0, 0.1) is 5.82 Å². The van der Waals surface area contributed by atoms with Gasteiger partial charge in [-0.25, -0.2) is 9.18 Å². The predicted molar refractivity (Wildman–Crippen MR) is 59.5 cm³/mol. The highest BCUT2D eigenvalue weighted by molar-refractivity contribution is 6.07. The molecule has 0 amide bonds. The quantitative estimate of drug-likeness (QED) is 0.775. The van der Waals surface area contributed by atoms with E-state index in [-0.39, 0.29) is 11.4 Å². The standard InChI is InChI=1S/C13H11FO2/c1-7-5-9-3-4-10(14)6-11(9)12(7)8(2)13(15)16/h3-4,6H,2,5H2,1H3,(H,15,16). The van der Waals surface area contributed by atoms with E-state index in [4.69, 9.17) is 5.11 Å². The van der Waals surface area contributed by atoms with Gasteiger partial charge < -0.3 is 5.11 Å². The summed E-state index contributed by atoms with van der Waals surface area (Å²) in [7, 11) is 0. The molecule has 0 atom stereocenters. The van der Waals surface area contributed by atoms with Gasteiger partial charge in [0.1, 0.15) is 5.82 Å². The van der Waals surface area contributed by atoms with Crippen LogP contribution in [-0.4, -0.2) is 11.1 Å². The van der Waals surface area contributed by atoms with E-state index in [1.807, 2.05) is 6.92 Å². The summed E-state index contributed by atoms with van der Waals surface area (Å²) in [6, 6.07) is 4.45. The Bertz CT molecular complexity index is 527. The summed E-state index contributed by atoms with van der Waals surface area (Å²) in [5, 5.41) is 8.93. The summed E-state index contributed by atoms with van der Waals surface area (Å²) in [4.78, 5) is 10.9. The highest BCUT2D eigenvalue weighted by Crippen LogP contribution is 2.37. The van der Waals surface area contributed by atoms with Crippen LogP contribution in [0.15, 0.2) is 35.9 Å². The number of rotatable bonds is 2. The molecular weight excluding hydrogens is 207 g/mol. The second kappa shape index (κ2) is 3.59. The van der Waals surface area contributed by atoms with Crippen molar-refractivity contribution in [3.05, 3.63) is 52.9 Å². The van der Waals surface area contributed by atoms with E-state index >= 15 is 0 Å². The minimum Gasteiger partial charge on any atom is -0.478 e. The number of carboxylic acids is 1. The summed E-state index contributed by atoms with van der Waals surface area (Å²) in [5.41, 5.74) is 3.14. The van der Waals surface area contributed by atoms with Gasteiger partial charge >= 0.3 is 5.97 Å². The molecule has 0 saturated heterocycles. The third-order valence-electron chi connectivity index (χ3n) is 2.78. The molecule has 2 rings (SSSR count). The van der Waals surface area contributed by atoms with E-state index < -0.39 is 5.97 Å². The summed E-state index contributed by atoms with van der Waals surface area (Å²) in [5.74, 6) is -1.42. The van der Waals surface area contributed by atoms with E-state index in [0.29, 0.717) is 17.6 Å². The number of carbonyl (C=O) groups is 1. The van der Waals surface area contributed by atoms with Gasteiger partial charge in [-0.05, 0) is 42.2 Å². The van der Waals surface area contributed by atoms with Crippen LogP contribution in [0.1, 0.15) is 18.1 Å². The molecule has 1 N–H and O–H groups in total. The van der Waals surface area contributed by atoms with Gasteiger partial charge in [0, 0.05) is 0 Å². The predicted octanol–water partition coefficient (Wildman–Crippen LogP) is 2.80. The van der Waals surface area contributed by atoms with Crippen LogP contribution in [0.3, 0.4) is 0 Å². The van der Waals surface area contributed by atoms with Crippen molar-refractivity contribution in [2.24, 2.45) is 0 Å². The van der Waals surface area contributed by atoms with Crippen LogP contribution < -0.4 is 0 Å². The van der Waals surface area contributed by atoms with Crippen molar-refractivity contribution < 1.29 is 14.3 Å². The second-order valence-corrected chi connectivity index (χ2v) is 3.92. The maximum Gasteiger partial charge on any atom is 0.335 e. The van der Waals surface area contributed by atoms with Gasteiger partial charge in [0.05, 0.1) is 5.57 Å². The maximum absolute atomic E-state index is 13.1. The number of aliphatic carboxylic acids is 1. The molecule has 0 saturated carbocycles. The fourth-order valence-electron chi connectivity index (χ4n) is 2.07. The van der Waals surface area contributed by atoms with E-state index in [2.05, 4.69) is 6.58 Å². The molecule has 3 heteroatoms.